The zero-order chi connectivity index (χ0) is 24.6. The molecular formula is C21H13F5N4O4. The number of aryl methyl sites for hydroxylation is 1. The summed E-state index contributed by atoms with van der Waals surface area (Å²) >= 11 is 0. The van der Waals surface area contributed by atoms with Gasteiger partial charge in [0.25, 0.3) is 5.91 Å². The molecule has 0 bridgehead atoms. The molecule has 0 fully saturated rings. The van der Waals surface area contributed by atoms with E-state index < -0.39 is 29.9 Å². The number of benzene rings is 2. The number of amides is 1. The SMILES string of the molecule is Cc1nc(C(=O)Nc2ccc3c(C(F)(F)F)cc(=O)oc3c2)nn1-c1ccc(OC(F)F)cc1. The predicted molar refractivity (Wildman–Crippen MR) is 108 cm³/mol. The third-order valence-electron chi connectivity index (χ3n) is 4.59. The van der Waals surface area contributed by atoms with Gasteiger partial charge in [-0.3, -0.25) is 4.79 Å². The second-order valence-corrected chi connectivity index (χ2v) is 6.91. The van der Waals surface area contributed by atoms with Gasteiger partial charge in [0.15, 0.2) is 0 Å². The number of rotatable bonds is 5. The molecule has 0 atom stereocenters. The molecule has 0 saturated heterocycles. The van der Waals surface area contributed by atoms with Crippen molar-refractivity contribution in [2.24, 2.45) is 0 Å². The minimum absolute atomic E-state index is 0.0440. The Morgan fingerprint density at radius 1 is 1.12 bits per heavy atom. The van der Waals surface area contributed by atoms with Crippen LogP contribution in [0.25, 0.3) is 16.7 Å². The highest BCUT2D eigenvalue weighted by Crippen LogP contribution is 2.34. The smallest absolute Gasteiger partial charge is 0.417 e. The minimum atomic E-state index is -4.77. The first-order valence-electron chi connectivity index (χ1n) is 9.46. The zero-order valence-corrected chi connectivity index (χ0v) is 17.1. The highest BCUT2D eigenvalue weighted by Gasteiger charge is 2.33. The average molecular weight is 480 g/mol. The summed E-state index contributed by atoms with van der Waals surface area (Å²) in [5.74, 6) is -0.817. The van der Waals surface area contributed by atoms with Crippen LogP contribution in [0.3, 0.4) is 0 Å². The molecule has 2 aromatic heterocycles. The Hall–Kier alpha value is -4.29. The Morgan fingerprint density at radius 2 is 1.82 bits per heavy atom. The number of ether oxygens (including phenoxy) is 1. The lowest BCUT2D eigenvalue weighted by Gasteiger charge is -2.10. The third-order valence-corrected chi connectivity index (χ3v) is 4.59. The Balaban J connectivity index is 1.58. The van der Waals surface area contributed by atoms with Crippen molar-refractivity contribution < 1.29 is 35.9 Å². The Kier molecular flexibility index (Phi) is 5.77. The minimum Gasteiger partial charge on any atom is -0.435 e. The van der Waals surface area contributed by atoms with E-state index in [1.54, 1.807) is 6.92 Å². The first-order valence-corrected chi connectivity index (χ1v) is 9.46. The number of nitrogens with zero attached hydrogens (tertiary/aromatic N) is 3. The van der Waals surface area contributed by atoms with E-state index in [0.29, 0.717) is 17.6 Å². The van der Waals surface area contributed by atoms with Gasteiger partial charge in [-0.15, -0.1) is 5.10 Å². The molecule has 4 rings (SSSR count). The summed E-state index contributed by atoms with van der Waals surface area (Å²) in [4.78, 5) is 28.2. The summed E-state index contributed by atoms with van der Waals surface area (Å²) in [5, 5.41) is 6.15. The molecule has 0 aliphatic carbocycles. The van der Waals surface area contributed by atoms with Crippen molar-refractivity contribution in [3.63, 3.8) is 0 Å². The van der Waals surface area contributed by atoms with E-state index in [1.165, 1.54) is 35.0 Å². The van der Waals surface area contributed by atoms with Crippen LogP contribution in [0.5, 0.6) is 5.75 Å². The van der Waals surface area contributed by atoms with Crippen LogP contribution in [0.1, 0.15) is 22.0 Å². The van der Waals surface area contributed by atoms with Gasteiger partial charge in [0, 0.05) is 23.2 Å². The molecule has 176 valence electrons. The van der Waals surface area contributed by atoms with Crippen LogP contribution >= 0.6 is 0 Å². The summed E-state index contributed by atoms with van der Waals surface area (Å²) < 4.78 is 74.5. The number of carbonyl (C=O) groups excluding carboxylic acids is 1. The zero-order valence-electron chi connectivity index (χ0n) is 17.1. The maximum Gasteiger partial charge on any atom is 0.417 e. The lowest BCUT2D eigenvalue weighted by atomic mass is 10.1. The van der Waals surface area contributed by atoms with Crippen LogP contribution in [0.15, 0.2) is 57.7 Å². The average Bonchev–Trinajstić information content (AvgIpc) is 3.14. The molecule has 2 heterocycles. The fourth-order valence-electron chi connectivity index (χ4n) is 3.16. The van der Waals surface area contributed by atoms with E-state index >= 15 is 0 Å². The van der Waals surface area contributed by atoms with Gasteiger partial charge in [-0.25, -0.2) is 14.5 Å². The van der Waals surface area contributed by atoms with Crippen LogP contribution in [0.4, 0.5) is 27.6 Å². The van der Waals surface area contributed by atoms with E-state index in [2.05, 4.69) is 20.1 Å². The fraction of sp³-hybridized carbons (Fsp3) is 0.143. The van der Waals surface area contributed by atoms with Crippen LogP contribution in [0.2, 0.25) is 0 Å². The maximum absolute atomic E-state index is 13.2. The Morgan fingerprint density at radius 3 is 2.47 bits per heavy atom. The lowest BCUT2D eigenvalue weighted by Crippen LogP contribution is -2.15. The number of hydrogen-bond acceptors (Lipinski definition) is 6. The van der Waals surface area contributed by atoms with Crippen molar-refractivity contribution >= 4 is 22.6 Å². The van der Waals surface area contributed by atoms with Crippen molar-refractivity contribution in [1.82, 2.24) is 14.8 Å². The van der Waals surface area contributed by atoms with Crippen molar-refractivity contribution in [1.29, 1.82) is 0 Å². The number of anilines is 1. The van der Waals surface area contributed by atoms with Crippen molar-refractivity contribution in [3.05, 3.63) is 76.2 Å². The van der Waals surface area contributed by atoms with Gasteiger partial charge in [-0.2, -0.15) is 22.0 Å². The highest BCUT2D eigenvalue weighted by molar-refractivity contribution is 6.02. The number of halogens is 5. The van der Waals surface area contributed by atoms with Gasteiger partial charge < -0.3 is 14.5 Å². The third kappa shape index (κ3) is 4.72. The Labute approximate surface area is 186 Å². The molecule has 34 heavy (non-hydrogen) atoms. The molecule has 1 N–H and O–H groups in total. The fourth-order valence-corrected chi connectivity index (χ4v) is 3.16. The number of fused-ring (bicyclic) bond motifs is 1. The first kappa shape index (κ1) is 22.9. The Bertz CT molecular complexity index is 1430. The van der Waals surface area contributed by atoms with E-state index in [0.717, 1.165) is 12.1 Å². The summed E-state index contributed by atoms with van der Waals surface area (Å²) in [5.41, 5.74) is -2.25. The van der Waals surface area contributed by atoms with Crippen molar-refractivity contribution in [2.75, 3.05) is 5.32 Å². The molecule has 1 amide bonds. The van der Waals surface area contributed by atoms with Crippen LogP contribution < -0.4 is 15.7 Å². The van der Waals surface area contributed by atoms with Gasteiger partial charge in [0.1, 0.15) is 17.2 Å². The van der Waals surface area contributed by atoms with Crippen molar-refractivity contribution in [2.45, 2.75) is 19.7 Å². The molecule has 8 nitrogen and oxygen atoms in total. The second kappa shape index (κ2) is 8.57. The van der Waals surface area contributed by atoms with E-state index in [1.807, 2.05) is 0 Å². The van der Waals surface area contributed by atoms with Gasteiger partial charge in [0.2, 0.25) is 5.82 Å². The highest BCUT2D eigenvalue weighted by atomic mass is 19.4. The molecule has 0 unspecified atom stereocenters. The molecule has 0 aliphatic rings. The standard InChI is InChI=1S/C21H13F5N4O4/c1-10-27-18(29-30(10)12-3-5-13(6-4-12)33-20(22)23)19(32)28-11-2-7-14-15(21(24,25)26)9-17(31)34-16(14)8-11/h2-9,20H,1H3,(H,28,32). The van der Waals surface area contributed by atoms with E-state index in [9.17, 15) is 31.5 Å². The molecular weight excluding hydrogens is 467 g/mol. The molecule has 4 aromatic rings. The number of hydrogen-bond donors (Lipinski definition) is 1. The lowest BCUT2D eigenvalue weighted by molar-refractivity contribution is -0.136. The molecule has 2 aromatic carbocycles. The molecule has 0 spiro atoms. The van der Waals surface area contributed by atoms with Gasteiger partial charge in [-0.1, -0.05) is 0 Å². The first-order chi connectivity index (χ1) is 16.0. The number of nitrogens with one attached hydrogen (secondary N) is 1. The van der Waals surface area contributed by atoms with Gasteiger partial charge >= 0.3 is 18.4 Å². The largest absolute Gasteiger partial charge is 0.435 e. The molecule has 0 saturated carbocycles. The molecule has 0 aliphatic heterocycles. The van der Waals surface area contributed by atoms with E-state index in [4.69, 9.17) is 4.42 Å². The van der Waals surface area contributed by atoms with Crippen LogP contribution in [0, 0.1) is 6.92 Å². The topological polar surface area (TPSA) is 99.3 Å². The quantitative estimate of drug-likeness (QED) is 0.332. The number of carbonyl (C=O) groups is 1. The summed E-state index contributed by atoms with van der Waals surface area (Å²) in [7, 11) is 0. The normalized spacial score (nSPS) is 11.7. The van der Waals surface area contributed by atoms with E-state index in [-0.39, 0.29) is 28.2 Å². The summed E-state index contributed by atoms with van der Waals surface area (Å²) in [6.07, 6.45) is -4.77. The maximum atomic E-state index is 13.2. The summed E-state index contributed by atoms with van der Waals surface area (Å²) in [6.45, 7) is -1.42. The van der Waals surface area contributed by atoms with Crippen LogP contribution in [-0.2, 0) is 6.18 Å². The van der Waals surface area contributed by atoms with Gasteiger partial charge in [0.05, 0.1) is 11.3 Å². The molecule has 0 radical (unpaired) electrons. The summed E-state index contributed by atoms with van der Waals surface area (Å²) in [6, 6.07) is 9.16. The number of aromatic nitrogens is 3. The predicted octanol–water partition coefficient (Wildman–Crippen LogP) is 4.55. The van der Waals surface area contributed by atoms with Crippen molar-refractivity contribution in [3.8, 4) is 11.4 Å². The van der Waals surface area contributed by atoms with Gasteiger partial charge in [-0.05, 0) is 43.3 Å². The van der Waals surface area contributed by atoms with Crippen LogP contribution in [-0.4, -0.2) is 27.3 Å². The second-order valence-electron chi connectivity index (χ2n) is 6.91. The number of alkyl halides is 5. The monoisotopic (exact) mass is 480 g/mol. The molecule has 13 heteroatoms.